The molecule has 1 aromatic heterocycles. The van der Waals surface area contributed by atoms with E-state index < -0.39 is 0 Å². The number of hydrogen-bond donors (Lipinski definition) is 3. The summed E-state index contributed by atoms with van der Waals surface area (Å²) in [5, 5.41) is 13.6. The lowest BCUT2D eigenvalue weighted by molar-refractivity contribution is 0.415. The monoisotopic (exact) mass is 524 g/mol. The molecule has 1 unspecified atom stereocenters. The molecule has 0 bridgehead atoms. The third-order valence-corrected chi connectivity index (χ3v) is 4.58. The zero-order chi connectivity index (χ0) is 20.8. The number of nitrogens with zero attached hydrogens (tertiary/aromatic N) is 3. The fourth-order valence-corrected chi connectivity index (χ4v) is 2.77. The van der Waals surface area contributed by atoms with E-state index in [0.717, 1.165) is 16.9 Å². The minimum absolute atomic E-state index is 0. The summed E-state index contributed by atoms with van der Waals surface area (Å²) in [6.45, 7) is 4.11. The topological polar surface area (TPSA) is 87.2 Å². The molecular formula is C21H26FIN6O. The standard InChI is InChI=1S/C21H25FN6O.HI/c1-13-5-6-16(11-18(13)22)14(2)25-21(23-3)24-12-19-26-20(28-27-19)15-7-9-17(29-4)10-8-15;/h5-11,14H,12H2,1-4H3,(H2,23,24,25)(H,26,27,28);1H. The van der Waals surface area contributed by atoms with E-state index in [-0.39, 0.29) is 35.8 Å². The Kier molecular flexibility index (Phi) is 8.58. The van der Waals surface area contributed by atoms with Crippen LogP contribution in [0.15, 0.2) is 47.5 Å². The minimum atomic E-state index is -0.216. The predicted molar refractivity (Wildman–Crippen MR) is 127 cm³/mol. The van der Waals surface area contributed by atoms with Gasteiger partial charge in [-0.05, 0) is 55.3 Å². The summed E-state index contributed by atoms with van der Waals surface area (Å²) in [6.07, 6.45) is 0. The fraction of sp³-hybridized carbons (Fsp3) is 0.286. The smallest absolute Gasteiger partial charge is 0.191 e. The normalized spacial score (nSPS) is 12.1. The van der Waals surface area contributed by atoms with E-state index in [1.807, 2.05) is 37.3 Å². The Hall–Kier alpha value is -2.69. The molecule has 1 heterocycles. The molecule has 0 fully saturated rings. The van der Waals surface area contributed by atoms with Crippen LogP contribution >= 0.6 is 24.0 Å². The molecular weight excluding hydrogens is 498 g/mol. The fourth-order valence-electron chi connectivity index (χ4n) is 2.77. The van der Waals surface area contributed by atoms with Crippen LogP contribution in [0, 0.1) is 12.7 Å². The van der Waals surface area contributed by atoms with Crippen LogP contribution in [0.4, 0.5) is 4.39 Å². The van der Waals surface area contributed by atoms with E-state index in [2.05, 4.69) is 30.8 Å². The molecule has 0 aliphatic carbocycles. The third-order valence-electron chi connectivity index (χ3n) is 4.58. The number of aromatic nitrogens is 3. The van der Waals surface area contributed by atoms with E-state index >= 15 is 0 Å². The van der Waals surface area contributed by atoms with E-state index in [0.29, 0.717) is 29.7 Å². The van der Waals surface area contributed by atoms with Gasteiger partial charge in [-0.15, -0.1) is 24.0 Å². The van der Waals surface area contributed by atoms with Crippen LogP contribution in [0.2, 0.25) is 0 Å². The second-order valence-electron chi connectivity index (χ2n) is 6.63. The van der Waals surface area contributed by atoms with Gasteiger partial charge in [-0.3, -0.25) is 10.1 Å². The highest BCUT2D eigenvalue weighted by Crippen LogP contribution is 2.19. The Labute approximate surface area is 192 Å². The van der Waals surface area contributed by atoms with Crippen molar-refractivity contribution in [3.63, 3.8) is 0 Å². The van der Waals surface area contributed by atoms with Crippen molar-refractivity contribution >= 4 is 29.9 Å². The van der Waals surface area contributed by atoms with Gasteiger partial charge >= 0.3 is 0 Å². The lowest BCUT2D eigenvalue weighted by Crippen LogP contribution is -2.38. The average molecular weight is 524 g/mol. The number of aryl methyl sites for hydroxylation is 1. The number of aliphatic imine (C=N–C) groups is 1. The van der Waals surface area contributed by atoms with Crippen molar-refractivity contribution < 1.29 is 9.13 Å². The number of hydrogen-bond acceptors (Lipinski definition) is 4. The predicted octanol–water partition coefficient (Wildman–Crippen LogP) is 3.97. The molecule has 0 saturated carbocycles. The quantitative estimate of drug-likeness (QED) is 0.258. The molecule has 0 spiro atoms. The van der Waals surface area contributed by atoms with Crippen LogP contribution in [-0.4, -0.2) is 35.3 Å². The van der Waals surface area contributed by atoms with Gasteiger partial charge in [0.2, 0.25) is 0 Å². The number of benzene rings is 2. The van der Waals surface area contributed by atoms with Crippen LogP contribution < -0.4 is 15.4 Å². The number of rotatable bonds is 6. The summed E-state index contributed by atoms with van der Waals surface area (Å²) in [5.74, 6) is 2.43. The molecule has 3 N–H and O–H groups in total. The van der Waals surface area contributed by atoms with Crippen LogP contribution in [0.3, 0.4) is 0 Å². The number of methoxy groups -OCH3 is 1. The number of ether oxygens (including phenoxy) is 1. The third kappa shape index (κ3) is 5.91. The first kappa shape index (κ1) is 23.6. The summed E-state index contributed by atoms with van der Waals surface area (Å²) in [6, 6.07) is 12.6. The Morgan fingerprint density at radius 2 is 1.97 bits per heavy atom. The van der Waals surface area contributed by atoms with Gasteiger partial charge in [-0.25, -0.2) is 9.37 Å². The molecule has 2 aromatic carbocycles. The highest BCUT2D eigenvalue weighted by atomic mass is 127. The molecule has 160 valence electrons. The number of nitrogens with one attached hydrogen (secondary N) is 3. The molecule has 0 aliphatic rings. The van der Waals surface area contributed by atoms with Crippen LogP contribution in [0.5, 0.6) is 5.75 Å². The van der Waals surface area contributed by atoms with Gasteiger partial charge < -0.3 is 15.4 Å². The van der Waals surface area contributed by atoms with Crippen molar-refractivity contribution in [1.82, 2.24) is 25.8 Å². The number of halogens is 2. The first-order chi connectivity index (χ1) is 14.0. The minimum Gasteiger partial charge on any atom is -0.497 e. The summed E-state index contributed by atoms with van der Waals surface area (Å²) in [4.78, 5) is 8.72. The first-order valence-corrected chi connectivity index (χ1v) is 9.29. The van der Waals surface area contributed by atoms with Crippen LogP contribution in [0.1, 0.15) is 29.9 Å². The molecule has 1 atom stereocenters. The maximum absolute atomic E-state index is 13.8. The Bertz CT molecular complexity index is 989. The van der Waals surface area contributed by atoms with Gasteiger partial charge in [0.1, 0.15) is 17.4 Å². The van der Waals surface area contributed by atoms with Gasteiger partial charge in [0, 0.05) is 12.6 Å². The van der Waals surface area contributed by atoms with Crippen molar-refractivity contribution in [2.24, 2.45) is 4.99 Å². The number of H-pyrrole nitrogens is 1. The molecule has 30 heavy (non-hydrogen) atoms. The molecule has 3 aromatic rings. The van der Waals surface area contributed by atoms with Crippen molar-refractivity contribution in [1.29, 1.82) is 0 Å². The van der Waals surface area contributed by atoms with Gasteiger partial charge in [-0.1, -0.05) is 12.1 Å². The van der Waals surface area contributed by atoms with E-state index in [9.17, 15) is 4.39 Å². The Morgan fingerprint density at radius 1 is 1.23 bits per heavy atom. The average Bonchev–Trinajstić information content (AvgIpc) is 3.22. The van der Waals surface area contributed by atoms with E-state index in [4.69, 9.17) is 4.74 Å². The maximum atomic E-state index is 13.8. The zero-order valence-corrected chi connectivity index (χ0v) is 19.7. The second kappa shape index (κ2) is 10.9. The van der Waals surface area contributed by atoms with Crippen LogP contribution in [-0.2, 0) is 6.54 Å². The first-order valence-electron chi connectivity index (χ1n) is 9.29. The lowest BCUT2D eigenvalue weighted by Gasteiger charge is -2.18. The summed E-state index contributed by atoms with van der Waals surface area (Å²) < 4.78 is 19.0. The van der Waals surface area contributed by atoms with Crippen molar-refractivity contribution in [3.8, 4) is 17.1 Å². The Morgan fingerprint density at radius 3 is 2.60 bits per heavy atom. The largest absolute Gasteiger partial charge is 0.497 e. The van der Waals surface area contributed by atoms with Gasteiger partial charge in [0.05, 0.1) is 19.7 Å². The van der Waals surface area contributed by atoms with E-state index in [1.165, 1.54) is 6.07 Å². The maximum Gasteiger partial charge on any atom is 0.191 e. The summed E-state index contributed by atoms with van der Waals surface area (Å²) >= 11 is 0. The van der Waals surface area contributed by atoms with Gasteiger partial charge in [0.25, 0.3) is 0 Å². The molecule has 0 aliphatic heterocycles. The van der Waals surface area contributed by atoms with E-state index in [1.54, 1.807) is 27.1 Å². The summed E-state index contributed by atoms with van der Waals surface area (Å²) in [5.41, 5.74) is 2.37. The van der Waals surface area contributed by atoms with Crippen molar-refractivity contribution in [3.05, 3.63) is 65.2 Å². The van der Waals surface area contributed by atoms with Crippen molar-refractivity contribution in [2.75, 3.05) is 14.2 Å². The molecule has 0 saturated heterocycles. The van der Waals surface area contributed by atoms with Crippen LogP contribution in [0.25, 0.3) is 11.4 Å². The number of guanidine groups is 1. The molecule has 0 radical (unpaired) electrons. The van der Waals surface area contributed by atoms with Gasteiger partial charge in [-0.2, -0.15) is 5.10 Å². The Balaban J connectivity index is 0.00000320. The second-order valence-corrected chi connectivity index (χ2v) is 6.63. The lowest BCUT2D eigenvalue weighted by atomic mass is 10.1. The highest BCUT2D eigenvalue weighted by molar-refractivity contribution is 14.0. The molecule has 3 rings (SSSR count). The SMILES string of the molecule is CN=C(NCc1nc(-c2ccc(OC)cc2)n[nH]1)NC(C)c1ccc(C)c(F)c1.I. The molecule has 9 heteroatoms. The summed E-state index contributed by atoms with van der Waals surface area (Å²) in [7, 11) is 3.31. The molecule has 7 nitrogen and oxygen atoms in total. The highest BCUT2D eigenvalue weighted by Gasteiger charge is 2.11. The molecule has 0 amide bonds. The zero-order valence-electron chi connectivity index (χ0n) is 17.4. The number of aromatic amines is 1. The van der Waals surface area contributed by atoms with Gasteiger partial charge in [0.15, 0.2) is 11.8 Å². The van der Waals surface area contributed by atoms with Crippen molar-refractivity contribution in [2.45, 2.75) is 26.4 Å².